The minimum atomic E-state index is 0.282. The van der Waals surface area contributed by atoms with Crippen molar-refractivity contribution in [2.75, 3.05) is 18.1 Å². The molecule has 2 bridgehead atoms. The second kappa shape index (κ2) is 4.44. The molecule has 3 rings (SSSR count). The fourth-order valence-electron chi connectivity index (χ4n) is 3.20. The topological polar surface area (TPSA) is 29.1 Å². The molecule has 1 N–H and O–H groups in total. The van der Waals surface area contributed by atoms with Gasteiger partial charge in [0.15, 0.2) is 0 Å². The van der Waals surface area contributed by atoms with Crippen molar-refractivity contribution in [1.29, 1.82) is 0 Å². The Bertz CT molecular complexity index is 309. The Balaban J connectivity index is 1.48. The molecular weight excluding hydrogens is 218 g/mol. The monoisotopic (exact) mass is 237 g/mol. The number of carbonyl (C=O) groups is 1. The van der Waals surface area contributed by atoms with Crippen LogP contribution in [0.3, 0.4) is 0 Å². The molecule has 2 aliphatic carbocycles. The van der Waals surface area contributed by atoms with Crippen LogP contribution in [-0.2, 0) is 4.79 Å². The Labute approximate surface area is 101 Å². The summed E-state index contributed by atoms with van der Waals surface area (Å²) in [5, 5.41) is 3.17. The zero-order chi connectivity index (χ0) is 11.0. The summed E-state index contributed by atoms with van der Waals surface area (Å²) < 4.78 is 0. The molecule has 1 saturated carbocycles. The number of allylic oxidation sites excluding steroid dienone is 2. The molecule has 88 valence electrons. The molecule has 3 heteroatoms. The van der Waals surface area contributed by atoms with Crippen LogP contribution in [0, 0.1) is 23.7 Å². The van der Waals surface area contributed by atoms with Crippen LogP contribution in [0.25, 0.3) is 0 Å². The molecule has 16 heavy (non-hydrogen) atoms. The lowest BCUT2D eigenvalue weighted by molar-refractivity contribution is -0.125. The first-order chi connectivity index (χ1) is 7.83. The Morgan fingerprint density at radius 1 is 1.38 bits per heavy atom. The molecule has 0 aromatic rings. The van der Waals surface area contributed by atoms with Gasteiger partial charge in [-0.3, -0.25) is 4.79 Å². The maximum Gasteiger partial charge on any atom is 0.223 e. The van der Waals surface area contributed by atoms with Crippen LogP contribution < -0.4 is 5.32 Å². The summed E-state index contributed by atoms with van der Waals surface area (Å²) in [6.07, 6.45) is 8.14. The van der Waals surface area contributed by atoms with Gasteiger partial charge in [-0.1, -0.05) is 12.2 Å². The van der Waals surface area contributed by atoms with Gasteiger partial charge in [0, 0.05) is 12.5 Å². The SMILES string of the molecule is O=C(NC[C@H]1CCSC1)[C@H]1C[C@H]2C=C[C@H]1C2. The third-order valence-corrected chi connectivity index (χ3v) is 5.44. The van der Waals surface area contributed by atoms with Crippen LogP contribution in [-0.4, -0.2) is 24.0 Å². The van der Waals surface area contributed by atoms with E-state index >= 15 is 0 Å². The molecular formula is C13H19NOS. The van der Waals surface area contributed by atoms with Crippen LogP contribution in [0.2, 0.25) is 0 Å². The van der Waals surface area contributed by atoms with Crippen LogP contribution in [0.4, 0.5) is 0 Å². The van der Waals surface area contributed by atoms with Gasteiger partial charge in [-0.05, 0) is 48.5 Å². The highest BCUT2D eigenvalue weighted by molar-refractivity contribution is 7.99. The van der Waals surface area contributed by atoms with E-state index in [0.29, 0.717) is 17.7 Å². The lowest BCUT2D eigenvalue weighted by atomic mass is 9.92. The van der Waals surface area contributed by atoms with Crippen LogP contribution in [0.5, 0.6) is 0 Å². The van der Waals surface area contributed by atoms with Crippen molar-refractivity contribution >= 4 is 17.7 Å². The van der Waals surface area contributed by atoms with E-state index in [9.17, 15) is 4.79 Å². The van der Waals surface area contributed by atoms with Crippen molar-refractivity contribution in [1.82, 2.24) is 5.32 Å². The summed E-state index contributed by atoms with van der Waals surface area (Å²) >= 11 is 2.02. The van der Waals surface area contributed by atoms with Gasteiger partial charge in [-0.25, -0.2) is 0 Å². The average molecular weight is 237 g/mol. The highest BCUT2D eigenvalue weighted by Crippen LogP contribution is 2.43. The zero-order valence-electron chi connectivity index (χ0n) is 9.52. The van der Waals surface area contributed by atoms with E-state index < -0.39 is 0 Å². The standard InChI is InChI=1S/C13H19NOS/c15-13(14-7-10-3-4-16-8-10)12-6-9-1-2-11(12)5-9/h1-2,9-12H,3-8H2,(H,14,15)/t9-,10+,11-,12-/m0/s1. The molecule has 0 radical (unpaired) electrons. The van der Waals surface area contributed by atoms with E-state index in [1.54, 1.807) is 0 Å². The highest BCUT2D eigenvalue weighted by atomic mass is 32.2. The maximum absolute atomic E-state index is 12.0. The van der Waals surface area contributed by atoms with Crippen molar-refractivity contribution in [3.05, 3.63) is 12.2 Å². The zero-order valence-corrected chi connectivity index (χ0v) is 10.3. The summed E-state index contributed by atoms with van der Waals surface area (Å²) in [4.78, 5) is 12.0. The summed E-state index contributed by atoms with van der Waals surface area (Å²) in [5.74, 6) is 5.07. The Morgan fingerprint density at radius 2 is 2.31 bits per heavy atom. The van der Waals surface area contributed by atoms with Gasteiger partial charge in [-0.15, -0.1) is 0 Å². The molecule has 1 heterocycles. The van der Waals surface area contributed by atoms with Gasteiger partial charge in [0.05, 0.1) is 0 Å². The van der Waals surface area contributed by atoms with E-state index in [4.69, 9.17) is 0 Å². The van der Waals surface area contributed by atoms with Crippen molar-refractivity contribution in [3.8, 4) is 0 Å². The molecule has 0 aromatic carbocycles. The molecule has 2 fully saturated rings. The molecule has 1 saturated heterocycles. The molecule has 4 atom stereocenters. The molecule has 0 unspecified atom stereocenters. The number of fused-ring (bicyclic) bond motifs is 2. The Kier molecular flexibility index (Phi) is 2.97. The van der Waals surface area contributed by atoms with Crippen LogP contribution in [0.1, 0.15) is 19.3 Å². The lowest BCUT2D eigenvalue weighted by Crippen LogP contribution is -2.36. The van der Waals surface area contributed by atoms with Crippen LogP contribution >= 0.6 is 11.8 Å². The van der Waals surface area contributed by atoms with Gasteiger partial charge in [-0.2, -0.15) is 11.8 Å². The van der Waals surface area contributed by atoms with Crippen molar-refractivity contribution in [2.45, 2.75) is 19.3 Å². The number of rotatable bonds is 3. The largest absolute Gasteiger partial charge is 0.356 e. The Hall–Kier alpha value is -0.440. The summed E-state index contributed by atoms with van der Waals surface area (Å²) in [6, 6.07) is 0. The number of thioether (sulfide) groups is 1. The number of hydrogen-bond acceptors (Lipinski definition) is 2. The van der Waals surface area contributed by atoms with E-state index in [-0.39, 0.29) is 5.92 Å². The normalized spacial score (nSPS) is 40.5. The lowest BCUT2D eigenvalue weighted by Gasteiger charge is -2.18. The first-order valence-corrected chi connectivity index (χ1v) is 7.52. The summed E-state index contributed by atoms with van der Waals surface area (Å²) in [6.45, 7) is 0.906. The third-order valence-electron chi connectivity index (χ3n) is 4.20. The first-order valence-electron chi connectivity index (χ1n) is 6.36. The second-order valence-corrected chi connectivity index (χ2v) is 6.51. The van der Waals surface area contributed by atoms with E-state index in [1.807, 2.05) is 11.8 Å². The molecule has 0 spiro atoms. The molecule has 1 amide bonds. The van der Waals surface area contributed by atoms with E-state index in [1.165, 1.54) is 24.3 Å². The first kappa shape index (κ1) is 10.7. The quantitative estimate of drug-likeness (QED) is 0.761. The second-order valence-electron chi connectivity index (χ2n) is 5.36. The molecule has 1 aliphatic heterocycles. The average Bonchev–Trinajstić information content (AvgIpc) is 3.01. The third kappa shape index (κ3) is 2.02. The summed E-state index contributed by atoms with van der Waals surface area (Å²) in [5.41, 5.74) is 0. The molecule has 3 aliphatic rings. The van der Waals surface area contributed by atoms with Crippen molar-refractivity contribution in [3.63, 3.8) is 0 Å². The van der Waals surface area contributed by atoms with E-state index in [2.05, 4.69) is 17.5 Å². The number of carbonyl (C=O) groups excluding carboxylic acids is 1. The predicted molar refractivity (Wildman–Crippen MR) is 67.3 cm³/mol. The molecule has 0 aromatic heterocycles. The minimum Gasteiger partial charge on any atom is -0.356 e. The molecule has 2 nitrogen and oxygen atoms in total. The maximum atomic E-state index is 12.0. The van der Waals surface area contributed by atoms with Crippen LogP contribution in [0.15, 0.2) is 12.2 Å². The van der Waals surface area contributed by atoms with Gasteiger partial charge >= 0.3 is 0 Å². The fourth-order valence-corrected chi connectivity index (χ4v) is 4.49. The highest BCUT2D eigenvalue weighted by Gasteiger charge is 2.39. The Morgan fingerprint density at radius 3 is 2.94 bits per heavy atom. The summed E-state index contributed by atoms with van der Waals surface area (Å²) in [7, 11) is 0. The number of nitrogens with one attached hydrogen (secondary N) is 1. The van der Waals surface area contributed by atoms with Gasteiger partial charge < -0.3 is 5.32 Å². The number of amides is 1. The van der Waals surface area contributed by atoms with Gasteiger partial charge in [0.1, 0.15) is 0 Å². The fraction of sp³-hybridized carbons (Fsp3) is 0.769. The van der Waals surface area contributed by atoms with E-state index in [0.717, 1.165) is 18.9 Å². The van der Waals surface area contributed by atoms with Gasteiger partial charge in [0.25, 0.3) is 0 Å². The smallest absolute Gasteiger partial charge is 0.223 e. The number of hydrogen-bond donors (Lipinski definition) is 1. The minimum absolute atomic E-state index is 0.282. The van der Waals surface area contributed by atoms with Crippen molar-refractivity contribution in [2.24, 2.45) is 23.7 Å². The van der Waals surface area contributed by atoms with Crippen molar-refractivity contribution < 1.29 is 4.79 Å². The van der Waals surface area contributed by atoms with Gasteiger partial charge in [0.2, 0.25) is 5.91 Å². The predicted octanol–water partition coefficient (Wildman–Crippen LogP) is 2.07.